The lowest BCUT2D eigenvalue weighted by Crippen LogP contribution is -2.00. The summed E-state index contributed by atoms with van der Waals surface area (Å²) in [5, 5.41) is 0. The van der Waals surface area contributed by atoms with Crippen LogP contribution >= 0.6 is 0 Å². The average molecular weight is 208 g/mol. The van der Waals surface area contributed by atoms with Crippen molar-refractivity contribution in [2.24, 2.45) is 0 Å². The van der Waals surface area contributed by atoms with E-state index in [2.05, 4.69) is 0 Å². The molecule has 0 heterocycles. The van der Waals surface area contributed by atoms with E-state index in [1.165, 1.54) is 0 Å². The van der Waals surface area contributed by atoms with Crippen LogP contribution in [0.4, 0.5) is 0 Å². The second-order valence-corrected chi connectivity index (χ2v) is 2.96. The first-order valence-corrected chi connectivity index (χ1v) is 4.74. The van der Waals surface area contributed by atoms with Crippen molar-refractivity contribution < 1.29 is 14.2 Å². The van der Waals surface area contributed by atoms with Crippen LogP contribution in [0.1, 0.15) is 12.5 Å². The van der Waals surface area contributed by atoms with Gasteiger partial charge in [-0.05, 0) is 24.6 Å². The predicted molar refractivity (Wildman–Crippen MR) is 60.2 cm³/mol. The molecule has 0 radical (unpaired) electrons. The molecule has 0 aromatic heterocycles. The topological polar surface area (TPSA) is 27.7 Å². The molecule has 1 aromatic rings. The summed E-state index contributed by atoms with van der Waals surface area (Å²) in [6, 6.07) is 5.76. The van der Waals surface area contributed by atoms with Gasteiger partial charge >= 0.3 is 0 Å². The van der Waals surface area contributed by atoms with Crippen LogP contribution in [0.25, 0.3) is 6.08 Å². The minimum atomic E-state index is 0.222. The highest BCUT2D eigenvalue weighted by molar-refractivity contribution is 5.55. The van der Waals surface area contributed by atoms with Crippen LogP contribution in [0.3, 0.4) is 0 Å². The van der Waals surface area contributed by atoms with Crippen LogP contribution in [0.15, 0.2) is 24.3 Å². The average Bonchev–Trinajstić information content (AvgIpc) is 2.27. The number of benzene rings is 1. The molecule has 82 valence electrons. The summed E-state index contributed by atoms with van der Waals surface area (Å²) in [5.41, 5.74) is 1.08. The summed E-state index contributed by atoms with van der Waals surface area (Å²) >= 11 is 0. The van der Waals surface area contributed by atoms with Crippen molar-refractivity contribution in [3.63, 3.8) is 0 Å². The van der Waals surface area contributed by atoms with Crippen molar-refractivity contribution in [1.29, 1.82) is 0 Å². The third-order valence-corrected chi connectivity index (χ3v) is 1.88. The molecule has 0 saturated heterocycles. The molecule has 0 aliphatic heterocycles. The van der Waals surface area contributed by atoms with Crippen LogP contribution in [-0.2, 0) is 4.74 Å². The SMILES string of the molecule is C/C=C/c1ccc(OCOC)c(OC)c1. The molecular formula is C12H16O3. The van der Waals surface area contributed by atoms with Crippen molar-refractivity contribution in [1.82, 2.24) is 0 Å². The highest BCUT2D eigenvalue weighted by Gasteiger charge is 2.03. The van der Waals surface area contributed by atoms with E-state index in [1.54, 1.807) is 14.2 Å². The van der Waals surface area contributed by atoms with E-state index >= 15 is 0 Å². The van der Waals surface area contributed by atoms with Gasteiger partial charge in [0.1, 0.15) is 0 Å². The molecule has 3 nitrogen and oxygen atoms in total. The smallest absolute Gasteiger partial charge is 0.188 e. The molecule has 0 amide bonds. The summed E-state index contributed by atoms with van der Waals surface area (Å²) in [6.45, 7) is 2.20. The Hall–Kier alpha value is -1.48. The second kappa shape index (κ2) is 6.09. The number of allylic oxidation sites excluding steroid dienone is 1. The summed E-state index contributed by atoms with van der Waals surface area (Å²) in [5.74, 6) is 1.40. The molecule has 0 fully saturated rings. The molecule has 1 rings (SSSR count). The van der Waals surface area contributed by atoms with Gasteiger partial charge in [-0.25, -0.2) is 0 Å². The Kier molecular flexibility index (Phi) is 4.71. The van der Waals surface area contributed by atoms with Crippen LogP contribution in [0.5, 0.6) is 11.5 Å². The molecule has 0 aliphatic carbocycles. The van der Waals surface area contributed by atoms with Gasteiger partial charge in [-0.1, -0.05) is 18.2 Å². The Balaban J connectivity index is 2.88. The normalized spacial score (nSPS) is 10.6. The van der Waals surface area contributed by atoms with Gasteiger partial charge in [0, 0.05) is 7.11 Å². The fraction of sp³-hybridized carbons (Fsp3) is 0.333. The molecular weight excluding hydrogens is 192 g/mol. The third-order valence-electron chi connectivity index (χ3n) is 1.88. The van der Waals surface area contributed by atoms with Crippen molar-refractivity contribution in [3.05, 3.63) is 29.8 Å². The highest BCUT2D eigenvalue weighted by Crippen LogP contribution is 2.28. The fourth-order valence-corrected chi connectivity index (χ4v) is 1.22. The van der Waals surface area contributed by atoms with Crippen molar-refractivity contribution in [2.75, 3.05) is 21.0 Å². The van der Waals surface area contributed by atoms with Crippen molar-refractivity contribution in [3.8, 4) is 11.5 Å². The minimum Gasteiger partial charge on any atom is -0.493 e. The standard InChI is InChI=1S/C12H16O3/c1-4-5-10-6-7-11(15-9-13-2)12(8-10)14-3/h4-8H,9H2,1-3H3/b5-4+. The lowest BCUT2D eigenvalue weighted by atomic mass is 10.2. The summed E-state index contributed by atoms with van der Waals surface area (Å²) in [4.78, 5) is 0. The van der Waals surface area contributed by atoms with Gasteiger partial charge in [-0.15, -0.1) is 0 Å². The number of methoxy groups -OCH3 is 2. The first-order valence-electron chi connectivity index (χ1n) is 4.74. The Bertz CT molecular complexity index is 332. The maximum Gasteiger partial charge on any atom is 0.188 e. The van der Waals surface area contributed by atoms with Gasteiger partial charge in [0.25, 0.3) is 0 Å². The van der Waals surface area contributed by atoms with E-state index in [0.717, 1.165) is 5.56 Å². The fourth-order valence-electron chi connectivity index (χ4n) is 1.22. The molecule has 0 N–H and O–H groups in total. The predicted octanol–water partition coefficient (Wildman–Crippen LogP) is 2.71. The molecule has 0 saturated carbocycles. The Morgan fingerprint density at radius 1 is 1.20 bits per heavy atom. The van der Waals surface area contributed by atoms with Gasteiger partial charge in [0.15, 0.2) is 18.3 Å². The Morgan fingerprint density at radius 3 is 2.60 bits per heavy atom. The van der Waals surface area contributed by atoms with Crippen molar-refractivity contribution in [2.45, 2.75) is 6.92 Å². The van der Waals surface area contributed by atoms with Crippen LogP contribution in [0.2, 0.25) is 0 Å². The molecule has 0 bridgehead atoms. The summed E-state index contributed by atoms with van der Waals surface area (Å²) < 4.78 is 15.4. The molecule has 0 atom stereocenters. The Morgan fingerprint density at radius 2 is 2.00 bits per heavy atom. The Labute approximate surface area is 90.3 Å². The molecule has 3 heteroatoms. The van der Waals surface area contributed by atoms with E-state index in [1.807, 2.05) is 37.3 Å². The van der Waals surface area contributed by atoms with E-state index in [-0.39, 0.29) is 6.79 Å². The van der Waals surface area contributed by atoms with Gasteiger partial charge < -0.3 is 14.2 Å². The summed E-state index contributed by atoms with van der Waals surface area (Å²) in [6.07, 6.45) is 3.98. The lowest BCUT2D eigenvalue weighted by Gasteiger charge is -2.10. The zero-order chi connectivity index (χ0) is 11.1. The zero-order valence-corrected chi connectivity index (χ0v) is 9.32. The molecule has 0 spiro atoms. The number of hydrogen-bond donors (Lipinski definition) is 0. The third kappa shape index (κ3) is 3.29. The van der Waals surface area contributed by atoms with E-state index in [4.69, 9.17) is 14.2 Å². The largest absolute Gasteiger partial charge is 0.493 e. The lowest BCUT2D eigenvalue weighted by molar-refractivity contribution is 0.0491. The monoisotopic (exact) mass is 208 g/mol. The van der Waals surface area contributed by atoms with Gasteiger partial charge in [-0.3, -0.25) is 0 Å². The number of hydrogen-bond acceptors (Lipinski definition) is 3. The van der Waals surface area contributed by atoms with Gasteiger partial charge in [0.05, 0.1) is 7.11 Å². The van der Waals surface area contributed by atoms with Gasteiger partial charge in [-0.2, -0.15) is 0 Å². The molecule has 1 aromatic carbocycles. The minimum absolute atomic E-state index is 0.222. The highest BCUT2D eigenvalue weighted by atomic mass is 16.7. The first-order chi connectivity index (χ1) is 7.31. The molecule has 0 unspecified atom stereocenters. The summed E-state index contributed by atoms with van der Waals surface area (Å²) in [7, 11) is 3.20. The quantitative estimate of drug-likeness (QED) is 0.696. The van der Waals surface area contributed by atoms with E-state index in [9.17, 15) is 0 Å². The molecule has 15 heavy (non-hydrogen) atoms. The number of rotatable bonds is 5. The first kappa shape index (κ1) is 11.6. The van der Waals surface area contributed by atoms with Crippen LogP contribution in [-0.4, -0.2) is 21.0 Å². The maximum absolute atomic E-state index is 5.34. The van der Waals surface area contributed by atoms with Crippen molar-refractivity contribution >= 4 is 6.08 Å². The molecule has 0 aliphatic rings. The van der Waals surface area contributed by atoms with E-state index < -0.39 is 0 Å². The van der Waals surface area contributed by atoms with E-state index in [0.29, 0.717) is 11.5 Å². The van der Waals surface area contributed by atoms with Crippen LogP contribution in [0, 0.1) is 0 Å². The maximum atomic E-state index is 5.34. The van der Waals surface area contributed by atoms with Crippen LogP contribution < -0.4 is 9.47 Å². The zero-order valence-electron chi connectivity index (χ0n) is 9.32. The second-order valence-electron chi connectivity index (χ2n) is 2.96. The van der Waals surface area contributed by atoms with Gasteiger partial charge in [0.2, 0.25) is 0 Å². The number of ether oxygens (including phenoxy) is 3.